The van der Waals surface area contributed by atoms with Crippen LogP contribution < -0.4 is 21.5 Å². The SMILES string of the molecule is CC#CCn1c(=O)c2c(ncn2C(C)C(=O)Nc2cccc(-c3cnc(N4CC5CC5C4)nc3)n2)n(C)c1=O. The van der Waals surface area contributed by atoms with Crippen molar-refractivity contribution in [3.05, 3.63) is 57.8 Å². The van der Waals surface area contributed by atoms with Crippen LogP contribution in [0.15, 0.2) is 46.5 Å². The topological polar surface area (TPSA) is 133 Å². The molecule has 12 heteroatoms. The second-order valence-corrected chi connectivity index (χ2v) is 9.99. The number of pyridine rings is 1. The van der Waals surface area contributed by atoms with Gasteiger partial charge in [-0.25, -0.2) is 29.3 Å². The summed E-state index contributed by atoms with van der Waals surface area (Å²) in [4.78, 5) is 59.1. The van der Waals surface area contributed by atoms with E-state index >= 15 is 0 Å². The lowest BCUT2D eigenvalue weighted by atomic mass is 10.2. The zero-order valence-corrected chi connectivity index (χ0v) is 21.8. The van der Waals surface area contributed by atoms with E-state index in [0.29, 0.717) is 11.5 Å². The number of anilines is 2. The zero-order valence-electron chi connectivity index (χ0n) is 21.8. The molecular weight excluding hydrogens is 498 g/mol. The molecule has 39 heavy (non-hydrogen) atoms. The van der Waals surface area contributed by atoms with Gasteiger partial charge in [-0.05, 0) is 44.2 Å². The molecule has 2 aliphatic rings. The average Bonchev–Trinajstić information content (AvgIpc) is 3.33. The Balaban J connectivity index is 1.23. The Morgan fingerprint density at radius 1 is 1.15 bits per heavy atom. The highest BCUT2D eigenvalue weighted by atomic mass is 16.2. The highest BCUT2D eigenvalue weighted by molar-refractivity contribution is 5.93. The fourth-order valence-electron chi connectivity index (χ4n) is 5.08. The second kappa shape index (κ2) is 9.50. The number of hydrogen-bond acceptors (Lipinski definition) is 8. The quantitative estimate of drug-likeness (QED) is 0.374. The average molecular weight is 526 g/mol. The molecule has 0 bridgehead atoms. The van der Waals surface area contributed by atoms with Crippen LogP contribution in [0.1, 0.15) is 26.3 Å². The summed E-state index contributed by atoms with van der Waals surface area (Å²) in [6.07, 6.45) is 6.20. The lowest BCUT2D eigenvalue weighted by Gasteiger charge is -2.17. The number of nitrogens with one attached hydrogen (secondary N) is 1. The number of hydrogen-bond donors (Lipinski definition) is 1. The Kier molecular flexibility index (Phi) is 5.98. The first-order valence-corrected chi connectivity index (χ1v) is 12.8. The fourth-order valence-corrected chi connectivity index (χ4v) is 5.08. The van der Waals surface area contributed by atoms with Gasteiger partial charge in [-0.15, -0.1) is 5.92 Å². The van der Waals surface area contributed by atoms with Crippen LogP contribution in [0.25, 0.3) is 22.4 Å². The van der Waals surface area contributed by atoms with Crippen LogP contribution in [-0.2, 0) is 18.4 Å². The maximum absolute atomic E-state index is 13.2. The molecule has 1 aliphatic carbocycles. The third kappa shape index (κ3) is 4.35. The van der Waals surface area contributed by atoms with E-state index in [0.717, 1.165) is 41.0 Å². The summed E-state index contributed by atoms with van der Waals surface area (Å²) in [7, 11) is 1.53. The normalized spacial score (nSPS) is 18.4. The first-order valence-electron chi connectivity index (χ1n) is 12.8. The van der Waals surface area contributed by atoms with Crippen molar-refractivity contribution in [2.24, 2.45) is 18.9 Å². The molecule has 1 saturated heterocycles. The van der Waals surface area contributed by atoms with Crippen LogP contribution in [0.4, 0.5) is 11.8 Å². The van der Waals surface area contributed by atoms with Crippen molar-refractivity contribution >= 4 is 28.8 Å². The van der Waals surface area contributed by atoms with E-state index in [1.807, 2.05) is 6.07 Å². The molecule has 1 aliphatic heterocycles. The third-order valence-electron chi connectivity index (χ3n) is 7.46. The highest BCUT2D eigenvalue weighted by Crippen LogP contribution is 2.45. The zero-order chi connectivity index (χ0) is 27.3. The van der Waals surface area contributed by atoms with Crippen molar-refractivity contribution in [1.29, 1.82) is 0 Å². The van der Waals surface area contributed by atoms with Gasteiger partial charge in [0, 0.05) is 38.1 Å². The molecule has 3 atom stereocenters. The number of rotatable bonds is 6. The summed E-state index contributed by atoms with van der Waals surface area (Å²) in [6, 6.07) is 4.49. The van der Waals surface area contributed by atoms with Gasteiger partial charge < -0.3 is 14.8 Å². The van der Waals surface area contributed by atoms with E-state index in [9.17, 15) is 14.4 Å². The first kappa shape index (κ1) is 24.5. The number of aromatic nitrogens is 7. The van der Waals surface area contributed by atoms with Crippen LogP contribution in [-0.4, -0.2) is 52.6 Å². The minimum absolute atomic E-state index is 0.0514. The molecule has 198 valence electrons. The number of aryl methyl sites for hydroxylation is 1. The molecule has 0 radical (unpaired) electrons. The molecule has 5 heterocycles. The Morgan fingerprint density at radius 2 is 1.90 bits per heavy atom. The summed E-state index contributed by atoms with van der Waals surface area (Å²) in [5.74, 6) is 7.70. The molecule has 1 N–H and O–H groups in total. The van der Waals surface area contributed by atoms with Gasteiger partial charge in [0.15, 0.2) is 11.2 Å². The van der Waals surface area contributed by atoms with Crippen LogP contribution in [0.2, 0.25) is 0 Å². The van der Waals surface area contributed by atoms with E-state index in [1.54, 1.807) is 38.4 Å². The van der Waals surface area contributed by atoms with E-state index < -0.39 is 23.2 Å². The molecule has 1 amide bonds. The number of carbonyl (C=O) groups excluding carboxylic acids is 1. The van der Waals surface area contributed by atoms with Crippen molar-refractivity contribution in [3.8, 4) is 23.1 Å². The van der Waals surface area contributed by atoms with Crippen molar-refractivity contribution in [1.82, 2.24) is 33.6 Å². The maximum atomic E-state index is 13.2. The monoisotopic (exact) mass is 525 g/mol. The fraction of sp³-hybridized carbons (Fsp3) is 0.370. The lowest BCUT2D eigenvalue weighted by molar-refractivity contribution is -0.118. The minimum Gasteiger partial charge on any atom is -0.340 e. The van der Waals surface area contributed by atoms with Gasteiger partial charge in [0.1, 0.15) is 11.9 Å². The number of fused-ring (bicyclic) bond motifs is 2. The van der Waals surface area contributed by atoms with E-state index in [4.69, 9.17) is 0 Å². The minimum atomic E-state index is -0.814. The predicted molar refractivity (Wildman–Crippen MR) is 145 cm³/mol. The van der Waals surface area contributed by atoms with Crippen molar-refractivity contribution in [2.45, 2.75) is 32.9 Å². The first-order chi connectivity index (χ1) is 18.9. The van der Waals surface area contributed by atoms with Crippen molar-refractivity contribution < 1.29 is 4.79 Å². The summed E-state index contributed by atoms with van der Waals surface area (Å²) in [5.41, 5.74) is 0.630. The van der Waals surface area contributed by atoms with Crippen molar-refractivity contribution in [3.63, 3.8) is 0 Å². The number of piperidine rings is 1. The second-order valence-electron chi connectivity index (χ2n) is 9.99. The predicted octanol–water partition coefficient (Wildman–Crippen LogP) is 1.43. The molecule has 6 rings (SSSR count). The molecule has 2 fully saturated rings. The van der Waals surface area contributed by atoms with E-state index in [1.165, 1.54) is 28.9 Å². The number of amides is 1. The van der Waals surface area contributed by atoms with Crippen LogP contribution in [0.5, 0.6) is 0 Å². The van der Waals surface area contributed by atoms with Gasteiger partial charge in [0.25, 0.3) is 5.56 Å². The molecule has 0 aromatic carbocycles. The van der Waals surface area contributed by atoms with E-state index in [2.05, 4.69) is 42.0 Å². The molecule has 1 saturated carbocycles. The Hall–Kier alpha value is -4.79. The highest BCUT2D eigenvalue weighted by Gasteiger charge is 2.45. The molecule has 12 nitrogen and oxygen atoms in total. The van der Waals surface area contributed by atoms with Crippen LogP contribution in [0.3, 0.4) is 0 Å². The number of imidazole rings is 1. The molecular formula is C27H27N9O3. The molecule has 4 aromatic heterocycles. The maximum Gasteiger partial charge on any atom is 0.333 e. The lowest BCUT2D eigenvalue weighted by Crippen LogP contribution is -2.40. The Bertz CT molecular complexity index is 1760. The standard InChI is InChI=1S/C27H27N9O3/c1-4-5-9-35-25(38)22-23(33(3)27(35)39)30-15-36(22)16(2)24(37)32-21-8-6-7-20(31-21)19-11-28-26(29-12-19)34-13-17-10-18(17)14-34/h6-8,11-12,15-18H,9-10,13-14H2,1-3H3,(H,31,32,37). The molecule has 0 spiro atoms. The molecule has 4 aromatic rings. The van der Waals surface area contributed by atoms with Gasteiger partial charge in [0.2, 0.25) is 11.9 Å². The van der Waals surface area contributed by atoms with Gasteiger partial charge in [-0.2, -0.15) is 0 Å². The number of nitrogens with zero attached hydrogens (tertiary/aromatic N) is 8. The summed E-state index contributed by atoms with van der Waals surface area (Å²) in [6.45, 7) is 5.27. The van der Waals surface area contributed by atoms with Gasteiger partial charge in [-0.1, -0.05) is 12.0 Å². The van der Waals surface area contributed by atoms with Gasteiger partial charge in [-0.3, -0.25) is 14.2 Å². The van der Waals surface area contributed by atoms with Gasteiger partial charge >= 0.3 is 5.69 Å². The summed E-state index contributed by atoms with van der Waals surface area (Å²) >= 11 is 0. The Morgan fingerprint density at radius 3 is 2.62 bits per heavy atom. The summed E-state index contributed by atoms with van der Waals surface area (Å²) < 4.78 is 3.77. The van der Waals surface area contributed by atoms with Gasteiger partial charge in [0.05, 0.1) is 18.6 Å². The Labute approximate surface area is 223 Å². The smallest absolute Gasteiger partial charge is 0.333 e. The largest absolute Gasteiger partial charge is 0.340 e. The number of carbonyl (C=O) groups is 1. The van der Waals surface area contributed by atoms with Crippen LogP contribution in [0, 0.1) is 23.7 Å². The third-order valence-corrected chi connectivity index (χ3v) is 7.46. The van der Waals surface area contributed by atoms with Crippen molar-refractivity contribution in [2.75, 3.05) is 23.3 Å². The molecule has 3 unspecified atom stereocenters. The summed E-state index contributed by atoms with van der Waals surface area (Å²) in [5, 5.41) is 2.82. The van der Waals surface area contributed by atoms with Crippen LogP contribution >= 0.6 is 0 Å². The van der Waals surface area contributed by atoms with E-state index in [-0.39, 0.29) is 17.7 Å².